The van der Waals surface area contributed by atoms with Crippen molar-refractivity contribution in [3.63, 3.8) is 0 Å². The second-order valence-electron chi connectivity index (χ2n) is 4.07. The highest BCUT2D eigenvalue weighted by atomic mass is 35.5. The van der Waals surface area contributed by atoms with Crippen molar-refractivity contribution in [2.75, 3.05) is 6.61 Å². The maximum atomic E-state index is 13.1. The molecule has 0 aromatic rings. The molecular weight excluding hydrogens is 365 g/mol. The molecule has 0 fully saturated rings. The van der Waals surface area contributed by atoms with E-state index in [1.54, 1.807) is 0 Å². The fourth-order valence-corrected chi connectivity index (χ4v) is 2.09. The van der Waals surface area contributed by atoms with E-state index in [1.165, 1.54) is 6.92 Å². The van der Waals surface area contributed by atoms with Crippen LogP contribution in [-0.2, 0) is 9.53 Å². The zero-order chi connectivity index (χ0) is 17.3. The first-order chi connectivity index (χ1) is 9.88. The van der Waals surface area contributed by atoms with Crippen molar-refractivity contribution in [2.45, 2.75) is 24.8 Å². The van der Waals surface area contributed by atoms with Crippen molar-refractivity contribution in [3.8, 4) is 0 Å². The SMILES string of the molecule is CCOC(=O)C1=NNC(C(F)(F)F)(C(F)(F)F)C1C=C(Cl)Cl. The van der Waals surface area contributed by atoms with Gasteiger partial charge in [-0.25, -0.2) is 4.79 Å². The number of hydrazone groups is 1. The smallest absolute Gasteiger partial charge is 0.422 e. The highest BCUT2D eigenvalue weighted by Crippen LogP contribution is 2.51. The lowest BCUT2D eigenvalue weighted by Crippen LogP contribution is -2.67. The number of carbonyl (C=O) groups excluding carboxylic acids is 1. The number of rotatable bonds is 3. The van der Waals surface area contributed by atoms with Crippen LogP contribution in [0.3, 0.4) is 0 Å². The summed E-state index contributed by atoms with van der Waals surface area (Å²) < 4.78 is 82.2. The van der Waals surface area contributed by atoms with Crippen molar-refractivity contribution >= 4 is 34.9 Å². The van der Waals surface area contributed by atoms with Gasteiger partial charge in [0.15, 0.2) is 5.71 Å². The van der Waals surface area contributed by atoms with E-state index in [0.29, 0.717) is 0 Å². The van der Waals surface area contributed by atoms with E-state index in [2.05, 4.69) is 9.84 Å². The topological polar surface area (TPSA) is 50.7 Å². The molecule has 1 rings (SSSR count). The predicted octanol–water partition coefficient (Wildman–Crippen LogP) is 3.31. The molecule has 0 aromatic heterocycles. The van der Waals surface area contributed by atoms with Gasteiger partial charge in [-0.3, -0.25) is 5.43 Å². The van der Waals surface area contributed by atoms with Crippen LogP contribution in [0.15, 0.2) is 15.7 Å². The molecule has 0 aliphatic carbocycles. The molecule has 22 heavy (non-hydrogen) atoms. The number of hydrogen-bond acceptors (Lipinski definition) is 4. The van der Waals surface area contributed by atoms with Crippen LogP contribution in [0.4, 0.5) is 26.3 Å². The van der Waals surface area contributed by atoms with Gasteiger partial charge in [0.2, 0.25) is 0 Å². The van der Waals surface area contributed by atoms with E-state index >= 15 is 0 Å². The third-order valence-corrected chi connectivity index (χ3v) is 3.04. The summed E-state index contributed by atoms with van der Waals surface area (Å²) in [7, 11) is 0. The summed E-state index contributed by atoms with van der Waals surface area (Å²) in [6.45, 7) is 1.05. The standard InChI is InChI=1S/C10H8Cl2F6N2O2/c1-2-22-7(21)6-4(3-5(11)12)8(20-19-6,9(13,14)15)10(16,17)18/h3-4,20H,2H2,1H3. The largest absolute Gasteiger partial charge is 0.461 e. The molecule has 1 N–H and O–H groups in total. The number of esters is 1. The number of hydrogen-bond donors (Lipinski definition) is 1. The number of carbonyl (C=O) groups is 1. The van der Waals surface area contributed by atoms with Gasteiger partial charge >= 0.3 is 18.3 Å². The Morgan fingerprint density at radius 3 is 2.18 bits per heavy atom. The molecule has 126 valence electrons. The number of alkyl halides is 6. The van der Waals surface area contributed by atoms with Gasteiger partial charge in [0.05, 0.1) is 12.5 Å². The summed E-state index contributed by atoms with van der Waals surface area (Å²) in [5, 5.41) is 2.87. The van der Waals surface area contributed by atoms with Gasteiger partial charge in [0, 0.05) is 0 Å². The minimum Gasteiger partial charge on any atom is -0.461 e. The molecule has 0 radical (unpaired) electrons. The Morgan fingerprint density at radius 2 is 1.82 bits per heavy atom. The average molecular weight is 373 g/mol. The summed E-state index contributed by atoms with van der Waals surface area (Å²) in [4.78, 5) is 11.5. The van der Waals surface area contributed by atoms with E-state index in [9.17, 15) is 31.1 Å². The first-order valence-corrected chi connectivity index (χ1v) is 6.32. The third-order valence-electron chi connectivity index (χ3n) is 2.79. The van der Waals surface area contributed by atoms with Gasteiger partial charge in [-0.15, -0.1) is 0 Å². The molecule has 1 unspecified atom stereocenters. The average Bonchev–Trinajstić information content (AvgIpc) is 2.67. The Kier molecular flexibility index (Phi) is 5.28. The van der Waals surface area contributed by atoms with Crippen LogP contribution in [0.2, 0.25) is 0 Å². The van der Waals surface area contributed by atoms with Crippen LogP contribution in [0, 0.1) is 5.92 Å². The van der Waals surface area contributed by atoms with Crippen molar-refractivity contribution in [1.82, 2.24) is 5.43 Å². The fraction of sp³-hybridized carbons (Fsp3) is 0.600. The highest BCUT2D eigenvalue weighted by molar-refractivity contribution is 6.56. The Labute approximate surface area is 130 Å². The van der Waals surface area contributed by atoms with Gasteiger partial charge in [0.1, 0.15) is 4.49 Å². The Balaban J connectivity index is 3.48. The molecule has 0 aromatic carbocycles. The number of nitrogens with zero attached hydrogens (tertiary/aromatic N) is 1. The Hall–Kier alpha value is -1.16. The van der Waals surface area contributed by atoms with Crippen molar-refractivity contribution in [2.24, 2.45) is 11.0 Å². The molecule has 1 aliphatic heterocycles. The predicted molar refractivity (Wildman–Crippen MR) is 65.3 cm³/mol. The van der Waals surface area contributed by atoms with Crippen molar-refractivity contribution < 1.29 is 35.9 Å². The van der Waals surface area contributed by atoms with Gasteiger partial charge < -0.3 is 4.74 Å². The monoisotopic (exact) mass is 372 g/mol. The Morgan fingerprint density at radius 1 is 1.32 bits per heavy atom. The summed E-state index contributed by atoms with van der Waals surface area (Å²) >= 11 is 10.4. The Bertz CT molecular complexity index is 497. The normalized spacial score (nSPS) is 21.0. The fourth-order valence-electron chi connectivity index (χ4n) is 1.84. The van der Waals surface area contributed by atoms with Crippen LogP contribution >= 0.6 is 23.2 Å². The van der Waals surface area contributed by atoms with Crippen LogP contribution in [0.1, 0.15) is 6.92 Å². The molecule has 0 amide bonds. The van der Waals surface area contributed by atoms with E-state index in [1.807, 2.05) is 0 Å². The van der Waals surface area contributed by atoms with Crippen LogP contribution < -0.4 is 5.43 Å². The number of ether oxygens (including phenoxy) is 1. The van der Waals surface area contributed by atoms with Gasteiger partial charge in [-0.2, -0.15) is 31.4 Å². The summed E-state index contributed by atoms with van der Waals surface area (Å²) in [6, 6.07) is 0. The zero-order valence-corrected chi connectivity index (χ0v) is 12.2. The molecule has 1 atom stereocenters. The molecule has 0 saturated carbocycles. The third kappa shape index (κ3) is 3.12. The van der Waals surface area contributed by atoms with Crippen LogP contribution in [-0.4, -0.2) is 36.2 Å². The first-order valence-electron chi connectivity index (χ1n) is 5.56. The van der Waals surface area contributed by atoms with E-state index in [4.69, 9.17) is 23.2 Å². The van der Waals surface area contributed by atoms with Crippen molar-refractivity contribution in [1.29, 1.82) is 0 Å². The van der Waals surface area contributed by atoms with E-state index < -0.39 is 40.0 Å². The maximum absolute atomic E-state index is 13.1. The lowest BCUT2D eigenvalue weighted by molar-refractivity contribution is -0.310. The van der Waals surface area contributed by atoms with Crippen LogP contribution in [0.25, 0.3) is 0 Å². The minimum absolute atomic E-state index is 0.236. The molecule has 0 saturated heterocycles. The lowest BCUT2D eigenvalue weighted by Gasteiger charge is -2.36. The summed E-state index contributed by atoms with van der Waals surface area (Å²) in [5.74, 6) is -4.07. The van der Waals surface area contributed by atoms with E-state index in [0.717, 1.165) is 5.43 Å². The second-order valence-corrected chi connectivity index (χ2v) is 5.07. The van der Waals surface area contributed by atoms with Gasteiger partial charge in [-0.05, 0) is 13.0 Å². The molecule has 12 heteroatoms. The molecule has 1 heterocycles. The van der Waals surface area contributed by atoms with Crippen molar-refractivity contribution in [3.05, 3.63) is 10.6 Å². The van der Waals surface area contributed by atoms with E-state index in [-0.39, 0.29) is 12.7 Å². The van der Waals surface area contributed by atoms with Gasteiger partial charge in [0.25, 0.3) is 5.54 Å². The number of nitrogens with one attached hydrogen (secondary N) is 1. The molecule has 4 nitrogen and oxygen atoms in total. The van der Waals surface area contributed by atoms with Crippen LogP contribution in [0.5, 0.6) is 0 Å². The molecular formula is C10H8Cl2F6N2O2. The molecule has 0 bridgehead atoms. The quantitative estimate of drug-likeness (QED) is 0.610. The number of halogens is 8. The molecule has 1 aliphatic rings. The summed E-state index contributed by atoms with van der Waals surface area (Å²) in [6.07, 6.45) is -11.4. The first kappa shape index (κ1) is 18.9. The lowest BCUT2D eigenvalue weighted by atomic mass is 9.80. The summed E-state index contributed by atoms with van der Waals surface area (Å²) in [5.41, 5.74) is -4.69. The highest BCUT2D eigenvalue weighted by Gasteiger charge is 2.77. The second kappa shape index (κ2) is 6.15. The minimum atomic E-state index is -5.84. The zero-order valence-electron chi connectivity index (χ0n) is 10.6. The molecule has 0 spiro atoms. The maximum Gasteiger partial charge on any atom is 0.422 e. The van der Waals surface area contributed by atoms with Gasteiger partial charge in [-0.1, -0.05) is 23.2 Å².